The van der Waals surface area contributed by atoms with E-state index in [2.05, 4.69) is 169 Å². The minimum absolute atomic E-state index is 0.601. The summed E-state index contributed by atoms with van der Waals surface area (Å²) < 4.78 is 4.67. The number of para-hydroxylation sites is 3. The molecule has 3 aromatic heterocycles. The lowest BCUT2D eigenvalue weighted by molar-refractivity contribution is 0.733. The van der Waals surface area contributed by atoms with E-state index < -0.39 is 0 Å². The first-order valence-electron chi connectivity index (χ1n) is 16.6. The van der Waals surface area contributed by atoms with Gasteiger partial charge in [-0.1, -0.05) is 107 Å². The van der Waals surface area contributed by atoms with Gasteiger partial charge in [0.15, 0.2) is 0 Å². The second-order valence-electron chi connectivity index (χ2n) is 12.4. The van der Waals surface area contributed by atoms with E-state index in [0.717, 1.165) is 5.52 Å². The lowest BCUT2D eigenvalue weighted by atomic mass is 9.98. The van der Waals surface area contributed by atoms with Crippen molar-refractivity contribution in [2.75, 3.05) is 0 Å². The van der Waals surface area contributed by atoms with Crippen LogP contribution in [0.1, 0.15) is 63.5 Å². The zero-order valence-corrected chi connectivity index (χ0v) is 27.2. The molecular formula is C43H41N3. The summed E-state index contributed by atoms with van der Waals surface area (Å²) in [6, 6.07) is 45.9. The molecule has 2 atom stereocenters. The van der Waals surface area contributed by atoms with Crippen LogP contribution in [-0.2, 0) is 0 Å². The van der Waals surface area contributed by atoms with Crippen LogP contribution in [0.2, 0.25) is 0 Å². The fourth-order valence-electron chi connectivity index (χ4n) is 6.67. The quantitative estimate of drug-likeness (QED) is 0.186. The lowest BCUT2D eigenvalue weighted by Gasteiger charge is -2.12. The van der Waals surface area contributed by atoms with Gasteiger partial charge < -0.3 is 9.13 Å². The largest absolute Gasteiger partial charge is 0.309 e. The Labute approximate surface area is 271 Å². The molecule has 2 unspecified atom stereocenters. The minimum atomic E-state index is 0.601. The average molecular weight is 600 g/mol. The van der Waals surface area contributed by atoms with Gasteiger partial charge in [0.1, 0.15) is 0 Å². The van der Waals surface area contributed by atoms with Crippen molar-refractivity contribution in [3.8, 4) is 11.4 Å². The summed E-state index contributed by atoms with van der Waals surface area (Å²) in [5, 5.41) is 5.15. The number of hydrogen-bond donors (Lipinski definition) is 0. The van der Waals surface area contributed by atoms with Crippen molar-refractivity contribution >= 4 is 43.6 Å². The molecule has 3 heteroatoms. The molecule has 8 aromatic rings. The third-order valence-electron chi connectivity index (χ3n) is 9.72. The van der Waals surface area contributed by atoms with Gasteiger partial charge in [0.05, 0.1) is 28.3 Å². The molecule has 228 valence electrons. The van der Waals surface area contributed by atoms with E-state index in [9.17, 15) is 0 Å². The summed E-state index contributed by atoms with van der Waals surface area (Å²) in [5.41, 5.74) is 10.2. The molecule has 0 N–H and O–H groups in total. The van der Waals surface area contributed by atoms with E-state index in [1.807, 2.05) is 12.4 Å². The molecule has 8 rings (SSSR count). The van der Waals surface area contributed by atoms with E-state index in [1.54, 1.807) is 0 Å². The molecular weight excluding hydrogens is 558 g/mol. The van der Waals surface area contributed by atoms with Gasteiger partial charge in [0, 0.05) is 39.1 Å². The second kappa shape index (κ2) is 12.7. The third kappa shape index (κ3) is 5.26. The van der Waals surface area contributed by atoms with Gasteiger partial charge >= 0.3 is 0 Å². The van der Waals surface area contributed by atoms with E-state index in [4.69, 9.17) is 0 Å². The Bertz CT molecular complexity index is 1980. The molecule has 0 radical (unpaired) electrons. The van der Waals surface area contributed by atoms with Gasteiger partial charge in [-0.3, -0.25) is 4.98 Å². The molecule has 0 aliphatic carbocycles. The molecule has 0 amide bonds. The van der Waals surface area contributed by atoms with Gasteiger partial charge in [-0.25, -0.2) is 0 Å². The molecule has 3 heterocycles. The summed E-state index contributed by atoms with van der Waals surface area (Å²) in [6.45, 7) is 9.04. The Balaban J connectivity index is 0.000000147. The van der Waals surface area contributed by atoms with Crippen molar-refractivity contribution in [2.24, 2.45) is 0 Å². The predicted molar refractivity (Wildman–Crippen MR) is 197 cm³/mol. The smallest absolute Gasteiger partial charge is 0.0724 e. The standard InChI is InChI=1S/C22H21N.C21H20N2/c1-3-16(2)17-12-14-18(15-13-17)23-21-10-6-4-8-19(21)20-9-5-7-11-22(20)23;1-3-15(2)16-8-10-17(11-9-16)23-20-7-5-4-6-18(20)19-12-13-22-14-21(19)23/h4-16H,3H2,1-2H3;4-15H,3H2,1-2H3. The van der Waals surface area contributed by atoms with E-state index in [-0.39, 0.29) is 0 Å². The number of pyridine rings is 1. The van der Waals surface area contributed by atoms with Gasteiger partial charge in [-0.05, 0) is 84.3 Å². The van der Waals surface area contributed by atoms with Gasteiger partial charge in [-0.15, -0.1) is 0 Å². The average Bonchev–Trinajstić information content (AvgIpc) is 3.64. The van der Waals surface area contributed by atoms with Crippen LogP contribution in [0.25, 0.3) is 55.0 Å². The van der Waals surface area contributed by atoms with Crippen LogP contribution in [0.3, 0.4) is 0 Å². The van der Waals surface area contributed by atoms with Crippen molar-refractivity contribution in [2.45, 2.75) is 52.4 Å². The monoisotopic (exact) mass is 599 g/mol. The second-order valence-corrected chi connectivity index (χ2v) is 12.4. The maximum Gasteiger partial charge on any atom is 0.0724 e. The number of aromatic nitrogens is 3. The maximum absolute atomic E-state index is 4.33. The Hall–Kier alpha value is -5.15. The molecule has 0 spiro atoms. The summed E-state index contributed by atoms with van der Waals surface area (Å²) in [7, 11) is 0. The van der Waals surface area contributed by atoms with Crippen LogP contribution >= 0.6 is 0 Å². The van der Waals surface area contributed by atoms with Crippen LogP contribution in [-0.4, -0.2) is 14.1 Å². The van der Waals surface area contributed by atoms with Gasteiger partial charge in [-0.2, -0.15) is 0 Å². The first kappa shape index (κ1) is 29.6. The lowest BCUT2D eigenvalue weighted by Crippen LogP contribution is -1.96. The Kier molecular flexibility index (Phi) is 8.15. The Morgan fingerprint density at radius 3 is 1.24 bits per heavy atom. The minimum Gasteiger partial charge on any atom is -0.309 e. The number of benzene rings is 5. The number of nitrogens with zero attached hydrogens (tertiary/aromatic N) is 3. The van der Waals surface area contributed by atoms with Crippen LogP contribution in [0, 0.1) is 0 Å². The van der Waals surface area contributed by atoms with Crippen LogP contribution < -0.4 is 0 Å². The highest BCUT2D eigenvalue weighted by Crippen LogP contribution is 2.33. The highest BCUT2D eigenvalue weighted by atomic mass is 15.0. The van der Waals surface area contributed by atoms with Crippen LogP contribution in [0.5, 0.6) is 0 Å². The number of hydrogen-bond acceptors (Lipinski definition) is 1. The van der Waals surface area contributed by atoms with E-state index in [1.165, 1.54) is 73.4 Å². The molecule has 46 heavy (non-hydrogen) atoms. The van der Waals surface area contributed by atoms with Crippen molar-refractivity contribution in [3.05, 3.63) is 151 Å². The predicted octanol–water partition coefficient (Wildman–Crippen LogP) is 12.0. The fraction of sp³-hybridized carbons (Fsp3) is 0.186. The molecule has 0 bridgehead atoms. The summed E-state index contributed by atoms with van der Waals surface area (Å²) in [4.78, 5) is 4.33. The Morgan fingerprint density at radius 2 is 0.826 bits per heavy atom. The zero-order chi connectivity index (χ0) is 31.6. The topological polar surface area (TPSA) is 22.8 Å². The van der Waals surface area contributed by atoms with Gasteiger partial charge in [0.25, 0.3) is 0 Å². The van der Waals surface area contributed by atoms with Gasteiger partial charge in [0.2, 0.25) is 0 Å². The summed E-state index contributed by atoms with van der Waals surface area (Å²) in [6.07, 6.45) is 6.16. The summed E-state index contributed by atoms with van der Waals surface area (Å²) >= 11 is 0. The normalized spacial score (nSPS) is 12.8. The maximum atomic E-state index is 4.33. The molecule has 0 aliphatic rings. The highest BCUT2D eigenvalue weighted by Gasteiger charge is 2.13. The molecule has 0 aliphatic heterocycles. The van der Waals surface area contributed by atoms with E-state index in [0.29, 0.717) is 11.8 Å². The number of rotatable bonds is 6. The molecule has 5 aromatic carbocycles. The van der Waals surface area contributed by atoms with Crippen molar-refractivity contribution in [1.82, 2.24) is 14.1 Å². The number of fused-ring (bicyclic) bond motifs is 6. The third-order valence-corrected chi connectivity index (χ3v) is 9.72. The molecule has 0 fully saturated rings. The van der Waals surface area contributed by atoms with Crippen molar-refractivity contribution < 1.29 is 0 Å². The highest BCUT2D eigenvalue weighted by molar-refractivity contribution is 6.10. The fourth-order valence-corrected chi connectivity index (χ4v) is 6.67. The summed E-state index contributed by atoms with van der Waals surface area (Å²) in [5.74, 6) is 1.21. The molecule has 3 nitrogen and oxygen atoms in total. The van der Waals surface area contributed by atoms with Crippen molar-refractivity contribution in [3.63, 3.8) is 0 Å². The molecule has 0 saturated carbocycles. The van der Waals surface area contributed by atoms with E-state index >= 15 is 0 Å². The van der Waals surface area contributed by atoms with Crippen LogP contribution in [0.4, 0.5) is 0 Å². The van der Waals surface area contributed by atoms with Crippen molar-refractivity contribution in [1.29, 1.82) is 0 Å². The first-order valence-corrected chi connectivity index (χ1v) is 16.6. The first-order chi connectivity index (χ1) is 22.6. The zero-order valence-electron chi connectivity index (χ0n) is 27.2. The molecule has 0 saturated heterocycles. The Morgan fingerprint density at radius 1 is 0.457 bits per heavy atom. The SMILES string of the molecule is CCC(C)c1ccc(-n2c3ccccc3c3ccccc32)cc1.CCC(C)c1ccc(-n2c3ccccc3c3ccncc32)cc1. The van der Waals surface area contributed by atoms with Crippen LogP contribution in [0.15, 0.2) is 140 Å².